The molecule has 0 aliphatic carbocycles. The predicted molar refractivity (Wildman–Crippen MR) is 80.1 cm³/mol. The molecule has 0 radical (unpaired) electrons. The van der Waals surface area contributed by atoms with Crippen LogP contribution in [0, 0.1) is 0 Å². The number of fused-ring (bicyclic) bond motifs is 1. The van der Waals surface area contributed by atoms with Crippen molar-refractivity contribution < 1.29 is 14.0 Å². The molecule has 2 aromatic rings. The molecule has 6 heteroatoms. The van der Waals surface area contributed by atoms with Gasteiger partial charge in [0.2, 0.25) is 11.8 Å². The van der Waals surface area contributed by atoms with Crippen molar-refractivity contribution in [2.75, 3.05) is 17.2 Å². The summed E-state index contributed by atoms with van der Waals surface area (Å²) >= 11 is 1.50. The molecule has 1 N–H and O–H groups in total. The van der Waals surface area contributed by atoms with Crippen LogP contribution in [-0.4, -0.2) is 24.1 Å². The van der Waals surface area contributed by atoms with Crippen LogP contribution in [0.1, 0.15) is 5.76 Å². The van der Waals surface area contributed by atoms with Crippen molar-refractivity contribution in [3.63, 3.8) is 0 Å². The van der Waals surface area contributed by atoms with Crippen molar-refractivity contribution in [1.29, 1.82) is 0 Å². The van der Waals surface area contributed by atoms with Crippen molar-refractivity contribution in [2.24, 2.45) is 0 Å². The van der Waals surface area contributed by atoms with Crippen molar-refractivity contribution in [2.45, 2.75) is 11.4 Å². The third-order valence-electron chi connectivity index (χ3n) is 3.15. The van der Waals surface area contributed by atoms with Gasteiger partial charge in [-0.3, -0.25) is 9.59 Å². The lowest BCUT2D eigenvalue weighted by Gasteiger charge is -2.28. The van der Waals surface area contributed by atoms with E-state index in [9.17, 15) is 9.59 Å². The van der Waals surface area contributed by atoms with Gasteiger partial charge < -0.3 is 14.6 Å². The van der Waals surface area contributed by atoms with Gasteiger partial charge in [-0.2, -0.15) is 0 Å². The highest BCUT2D eigenvalue weighted by atomic mass is 32.2. The van der Waals surface area contributed by atoms with Crippen molar-refractivity contribution in [1.82, 2.24) is 5.32 Å². The van der Waals surface area contributed by atoms with Crippen LogP contribution >= 0.6 is 11.8 Å². The minimum absolute atomic E-state index is 0.0249. The minimum Gasteiger partial charge on any atom is -0.467 e. The second-order valence-electron chi connectivity index (χ2n) is 4.59. The van der Waals surface area contributed by atoms with E-state index in [1.807, 2.05) is 24.3 Å². The first-order valence-corrected chi connectivity index (χ1v) is 7.54. The Morgan fingerprint density at radius 2 is 2.14 bits per heavy atom. The van der Waals surface area contributed by atoms with Crippen molar-refractivity contribution in [3.8, 4) is 0 Å². The van der Waals surface area contributed by atoms with Gasteiger partial charge in [-0.25, -0.2) is 0 Å². The van der Waals surface area contributed by atoms with E-state index < -0.39 is 0 Å². The first-order chi connectivity index (χ1) is 10.2. The molecule has 0 saturated heterocycles. The highest BCUT2D eigenvalue weighted by Gasteiger charge is 2.26. The summed E-state index contributed by atoms with van der Waals surface area (Å²) in [5.41, 5.74) is 0.798. The molecular weight excluding hydrogens is 288 g/mol. The molecule has 1 aromatic heterocycles. The third kappa shape index (κ3) is 3.11. The average Bonchev–Trinajstić information content (AvgIpc) is 3.01. The SMILES string of the molecule is O=C(CN1C(=O)CSc2ccccc21)NCc1ccco1. The number of thioether (sulfide) groups is 1. The number of hydrogen-bond donors (Lipinski definition) is 1. The first-order valence-electron chi connectivity index (χ1n) is 6.55. The van der Waals surface area contributed by atoms with Crippen LogP contribution in [-0.2, 0) is 16.1 Å². The van der Waals surface area contributed by atoms with E-state index in [4.69, 9.17) is 4.42 Å². The number of carbonyl (C=O) groups is 2. The zero-order chi connectivity index (χ0) is 14.7. The highest BCUT2D eigenvalue weighted by molar-refractivity contribution is 8.00. The zero-order valence-corrected chi connectivity index (χ0v) is 12.1. The van der Waals surface area contributed by atoms with Gasteiger partial charge in [-0.1, -0.05) is 12.1 Å². The van der Waals surface area contributed by atoms with Crippen LogP contribution < -0.4 is 10.2 Å². The summed E-state index contributed by atoms with van der Waals surface area (Å²) < 4.78 is 5.15. The number of carbonyl (C=O) groups excluding carboxylic acids is 2. The molecule has 1 aliphatic heterocycles. The van der Waals surface area contributed by atoms with Crippen LogP contribution in [0.2, 0.25) is 0 Å². The molecular formula is C15H14N2O3S. The molecule has 108 valence electrons. The van der Waals surface area contributed by atoms with Crippen LogP contribution in [0.15, 0.2) is 52.0 Å². The van der Waals surface area contributed by atoms with Gasteiger partial charge in [0.1, 0.15) is 12.3 Å². The fourth-order valence-corrected chi connectivity index (χ4v) is 3.06. The molecule has 1 aromatic carbocycles. The average molecular weight is 302 g/mol. The second-order valence-corrected chi connectivity index (χ2v) is 5.61. The maximum absolute atomic E-state index is 12.0. The van der Waals surface area contributed by atoms with Crippen LogP contribution in [0.5, 0.6) is 0 Å². The molecule has 5 nitrogen and oxygen atoms in total. The summed E-state index contributed by atoms with van der Waals surface area (Å²) in [7, 11) is 0. The van der Waals surface area contributed by atoms with Gasteiger partial charge >= 0.3 is 0 Å². The number of furan rings is 1. The smallest absolute Gasteiger partial charge is 0.240 e. The molecule has 0 unspecified atom stereocenters. The Morgan fingerprint density at radius 3 is 2.95 bits per heavy atom. The monoisotopic (exact) mass is 302 g/mol. The lowest BCUT2D eigenvalue weighted by atomic mass is 10.2. The van der Waals surface area contributed by atoms with E-state index >= 15 is 0 Å². The van der Waals surface area contributed by atoms with Gasteiger partial charge in [0.15, 0.2) is 0 Å². The Balaban J connectivity index is 1.66. The highest BCUT2D eigenvalue weighted by Crippen LogP contribution is 2.34. The number of para-hydroxylation sites is 1. The van der Waals surface area contributed by atoms with E-state index in [0.29, 0.717) is 18.1 Å². The largest absolute Gasteiger partial charge is 0.467 e. The summed E-state index contributed by atoms with van der Waals surface area (Å²) in [5, 5.41) is 2.75. The molecule has 2 heterocycles. The topological polar surface area (TPSA) is 62.6 Å². The Hall–Kier alpha value is -2.21. The number of hydrogen-bond acceptors (Lipinski definition) is 4. The van der Waals surface area contributed by atoms with E-state index in [2.05, 4.69) is 5.32 Å². The van der Waals surface area contributed by atoms with E-state index in [1.165, 1.54) is 16.7 Å². The summed E-state index contributed by atoms with van der Waals surface area (Å²) in [5.74, 6) is 0.792. The lowest BCUT2D eigenvalue weighted by molar-refractivity contribution is -0.123. The fourth-order valence-electron chi connectivity index (χ4n) is 2.13. The number of amides is 2. The van der Waals surface area contributed by atoms with E-state index in [0.717, 1.165) is 10.6 Å². The van der Waals surface area contributed by atoms with Crippen LogP contribution in [0.4, 0.5) is 5.69 Å². The zero-order valence-electron chi connectivity index (χ0n) is 11.2. The van der Waals surface area contributed by atoms with Crippen LogP contribution in [0.25, 0.3) is 0 Å². The van der Waals surface area contributed by atoms with Gasteiger partial charge in [-0.05, 0) is 24.3 Å². The van der Waals surface area contributed by atoms with Crippen LogP contribution in [0.3, 0.4) is 0 Å². The third-order valence-corrected chi connectivity index (χ3v) is 4.20. The van der Waals surface area contributed by atoms with Gasteiger partial charge in [0.25, 0.3) is 0 Å². The second kappa shape index (κ2) is 6.05. The van der Waals surface area contributed by atoms with Gasteiger partial charge in [0, 0.05) is 4.90 Å². The van der Waals surface area contributed by atoms with Gasteiger partial charge in [-0.15, -0.1) is 11.8 Å². The summed E-state index contributed by atoms with van der Waals surface area (Å²) in [4.78, 5) is 26.6. The molecule has 2 amide bonds. The number of benzene rings is 1. The molecule has 1 aliphatic rings. The number of rotatable bonds is 4. The molecule has 0 bridgehead atoms. The fraction of sp³-hybridized carbons (Fsp3) is 0.200. The summed E-state index contributed by atoms with van der Waals surface area (Å²) in [6.07, 6.45) is 1.56. The summed E-state index contributed by atoms with van der Waals surface area (Å²) in [6, 6.07) is 11.2. The van der Waals surface area contributed by atoms with Gasteiger partial charge in [0.05, 0.1) is 24.2 Å². The Bertz CT molecular complexity index is 655. The molecule has 21 heavy (non-hydrogen) atoms. The maximum Gasteiger partial charge on any atom is 0.240 e. The molecule has 3 rings (SSSR count). The molecule has 0 spiro atoms. The molecule has 0 saturated carbocycles. The van der Waals surface area contributed by atoms with Crippen molar-refractivity contribution in [3.05, 3.63) is 48.4 Å². The van der Waals surface area contributed by atoms with E-state index in [-0.39, 0.29) is 18.4 Å². The Morgan fingerprint density at radius 1 is 1.29 bits per heavy atom. The maximum atomic E-state index is 12.0. The predicted octanol–water partition coefficient (Wildman–Crippen LogP) is 2.03. The quantitative estimate of drug-likeness (QED) is 0.939. The Labute approximate surface area is 126 Å². The number of nitrogens with one attached hydrogen (secondary N) is 1. The number of anilines is 1. The normalized spacial score (nSPS) is 13.9. The molecule has 0 atom stereocenters. The Kier molecular flexibility index (Phi) is 3.96. The summed E-state index contributed by atoms with van der Waals surface area (Å²) in [6.45, 7) is 0.349. The lowest BCUT2D eigenvalue weighted by Crippen LogP contribution is -2.43. The van der Waals surface area contributed by atoms with Crippen molar-refractivity contribution >= 4 is 29.3 Å². The number of nitrogens with zero attached hydrogens (tertiary/aromatic N) is 1. The minimum atomic E-state index is -0.207. The standard InChI is InChI=1S/C15H14N2O3S/c18-14(16-8-11-4-3-7-20-11)9-17-12-5-1-2-6-13(12)21-10-15(17)19/h1-7H,8-10H2,(H,16,18). The first kappa shape index (κ1) is 13.8. The molecule has 0 fully saturated rings. The van der Waals surface area contributed by atoms with E-state index in [1.54, 1.807) is 18.4 Å².